The molecular formula is C16H17BrN2O3. The molecule has 0 saturated heterocycles. The van der Waals surface area contributed by atoms with Gasteiger partial charge in [-0.25, -0.2) is 0 Å². The summed E-state index contributed by atoms with van der Waals surface area (Å²) in [6.07, 6.45) is 1.44. The minimum absolute atomic E-state index is 0.127. The van der Waals surface area contributed by atoms with Crippen molar-refractivity contribution in [3.63, 3.8) is 0 Å². The SMILES string of the molecule is CCCc1cc(C(=O)CC(=O)c2cc(Br)ccc2O)n(C)n1. The fourth-order valence-corrected chi connectivity index (χ4v) is 2.59. The van der Waals surface area contributed by atoms with Crippen LogP contribution in [-0.2, 0) is 13.5 Å². The standard InChI is InChI=1S/C16H17BrN2O3/c1-3-4-11-8-13(19(2)18-11)16(22)9-15(21)12-7-10(17)5-6-14(12)20/h5-8,20H,3-4,9H2,1-2H3. The van der Waals surface area contributed by atoms with E-state index in [0.29, 0.717) is 10.2 Å². The maximum atomic E-state index is 12.3. The lowest BCUT2D eigenvalue weighted by atomic mass is 10.0. The third-order valence-electron chi connectivity index (χ3n) is 3.30. The first-order valence-electron chi connectivity index (χ1n) is 7.00. The summed E-state index contributed by atoms with van der Waals surface area (Å²) in [7, 11) is 1.69. The van der Waals surface area contributed by atoms with Crippen LogP contribution in [0, 0.1) is 0 Å². The van der Waals surface area contributed by atoms with Gasteiger partial charge in [-0.1, -0.05) is 29.3 Å². The van der Waals surface area contributed by atoms with Crippen LogP contribution in [0.2, 0.25) is 0 Å². The quantitative estimate of drug-likeness (QED) is 0.630. The number of ketones is 2. The van der Waals surface area contributed by atoms with Crippen molar-refractivity contribution in [1.82, 2.24) is 9.78 Å². The third-order valence-corrected chi connectivity index (χ3v) is 3.80. The van der Waals surface area contributed by atoms with Crippen LogP contribution in [-0.4, -0.2) is 26.5 Å². The number of rotatable bonds is 6. The normalized spacial score (nSPS) is 10.7. The number of halogens is 1. The van der Waals surface area contributed by atoms with E-state index in [1.807, 2.05) is 6.92 Å². The zero-order valence-electron chi connectivity index (χ0n) is 12.5. The minimum Gasteiger partial charge on any atom is -0.507 e. The number of carbonyl (C=O) groups is 2. The first-order chi connectivity index (χ1) is 10.4. The molecular weight excluding hydrogens is 348 g/mol. The van der Waals surface area contributed by atoms with Crippen LogP contribution in [0.3, 0.4) is 0 Å². The molecule has 1 N–H and O–H groups in total. The van der Waals surface area contributed by atoms with Gasteiger partial charge in [-0.3, -0.25) is 14.3 Å². The molecule has 22 heavy (non-hydrogen) atoms. The second-order valence-corrected chi connectivity index (χ2v) is 5.99. The van der Waals surface area contributed by atoms with E-state index in [-0.39, 0.29) is 23.5 Å². The first kappa shape index (κ1) is 16.4. The predicted octanol–water partition coefficient (Wildman–Crippen LogP) is 3.30. The number of aromatic hydroxyl groups is 1. The molecule has 5 nitrogen and oxygen atoms in total. The maximum absolute atomic E-state index is 12.3. The van der Waals surface area contributed by atoms with Crippen molar-refractivity contribution in [2.45, 2.75) is 26.2 Å². The van der Waals surface area contributed by atoms with Crippen LogP contribution in [0.1, 0.15) is 46.3 Å². The molecule has 116 valence electrons. The summed E-state index contributed by atoms with van der Waals surface area (Å²) in [6.45, 7) is 2.04. The smallest absolute Gasteiger partial charge is 0.188 e. The highest BCUT2D eigenvalue weighted by Crippen LogP contribution is 2.23. The van der Waals surface area contributed by atoms with Crippen LogP contribution < -0.4 is 0 Å². The number of hydrogen-bond donors (Lipinski definition) is 1. The Bertz CT molecular complexity index is 722. The Morgan fingerprint density at radius 3 is 2.68 bits per heavy atom. The van der Waals surface area contributed by atoms with Gasteiger partial charge in [-0.2, -0.15) is 5.10 Å². The molecule has 0 aliphatic heterocycles. The number of aryl methyl sites for hydroxylation is 2. The molecule has 0 aliphatic carbocycles. The average Bonchev–Trinajstić information content (AvgIpc) is 2.82. The van der Waals surface area contributed by atoms with Gasteiger partial charge in [0.05, 0.1) is 17.7 Å². The Balaban J connectivity index is 2.18. The Hall–Kier alpha value is -1.95. The second kappa shape index (κ2) is 6.87. The summed E-state index contributed by atoms with van der Waals surface area (Å²) in [5, 5.41) is 14.0. The van der Waals surface area contributed by atoms with Gasteiger partial charge in [0, 0.05) is 11.5 Å². The molecule has 1 heterocycles. The first-order valence-corrected chi connectivity index (χ1v) is 7.79. The lowest BCUT2D eigenvalue weighted by molar-refractivity contribution is 0.0888. The number of carbonyl (C=O) groups excluding carboxylic acids is 2. The van der Waals surface area contributed by atoms with Crippen LogP contribution in [0.4, 0.5) is 0 Å². The maximum Gasteiger partial charge on any atom is 0.188 e. The number of hydrogen-bond acceptors (Lipinski definition) is 4. The second-order valence-electron chi connectivity index (χ2n) is 5.08. The molecule has 0 amide bonds. The van der Waals surface area contributed by atoms with Gasteiger partial charge in [0.15, 0.2) is 11.6 Å². The monoisotopic (exact) mass is 364 g/mol. The average molecular weight is 365 g/mol. The van der Waals surface area contributed by atoms with Gasteiger partial charge >= 0.3 is 0 Å². The van der Waals surface area contributed by atoms with Crippen LogP contribution in [0.5, 0.6) is 5.75 Å². The molecule has 0 spiro atoms. The number of benzene rings is 1. The van der Waals surface area contributed by atoms with Gasteiger partial charge in [0.25, 0.3) is 0 Å². The highest BCUT2D eigenvalue weighted by molar-refractivity contribution is 9.10. The number of Topliss-reactive ketones (excluding diaryl/α,β-unsaturated/α-hetero) is 2. The van der Waals surface area contributed by atoms with Gasteiger partial charge in [-0.05, 0) is 30.7 Å². The number of nitrogens with zero attached hydrogens (tertiary/aromatic N) is 2. The van der Waals surface area contributed by atoms with E-state index < -0.39 is 5.78 Å². The number of aromatic nitrogens is 2. The van der Waals surface area contributed by atoms with E-state index in [2.05, 4.69) is 21.0 Å². The van der Waals surface area contributed by atoms with Crippen LogP contribution in [0.25, 0.3) is 0 Å². The van der Waals surface area contributed by atoms with Crippen molar-refractivity contribution in [3.8, 4) is 5.75 Å². The van der Waals surface area contributed by atoms with E-state index in [4.69, 9.17) is 0 Å². The van der Waals surface area contributed by atoms with Crippen molar-refractivity contribution in [3.05, 3.63) is 45.7 Å². The van der Waals surface area contributed by atoms with Gasteiger partial charge in [0.1, 0.15) is 11.4 Å². The van der Waals surface area contributed by atoms with Crippen molar-refractivity contribution >= 4 is 27.5 Å². The third kappa shape index (κ3) is 3.62. The van der Waals surface area contributed by atoms with Crippen molar-refractivity contribution < 1.29 is 14.7 Å². The summed E-state index contributed by atoms with van der Waals surface area (Å²) in [5.74, 6) is -0.846. The van der Waals surface area contributed by atoms with E-state index in [0.717, 1.165) is 18.5 Å². The summed E-state index contributed by atoms with van der Waals surface area (Å²) >= 11 is 3.25. The Labute approximate surface area is 137 Å². The molecule has 2 aromatic rings. The Morgan fingerprint density at radius 1 is 1.27 bits per heavy atom. The molecule has 1 aromatic heterocycles. The van der Waals surface area contributed by atoms with Crippen molar-refractivity contribution in [2.24, 2.45) is 7.05 Å². The lowest BCUT2D eigenvalue weighted by Gasteiger charge is -2.04. The molecule has 0 saturated carbocycles. The minimum atomic E-state index is -0.415. The molecule has 0 aliphatic rings. The molecule has 0 atom stereocenters. The van der Waals surface area contributed by atoms with Gasteiger partial charge in [0.2, 0.25) is 0 Å². The fourth-order valence-electron chi connectivity index (χ4n) is 2.23. The van der Waals surface area contributed by atoms with E-state index in [9.17, 15) is 14.7 Å². The summed E-state index contributed by atoms with van der Waals surface area (Å²) in [6, 6.07) is 6.29. The zero-order valence-corrected chi connectivity index (χ0v) is 14.1. The summed E-state index contributed by atoms with van der Waals surface area (Å²) < 4.78 is 2.17. The molecule has 0 radical (unpaired) electrons. The van der Waals surface area contributed by atoms with Crippen molar-refractivity contribution in [2.75, 3.05) is 0 Å². The summed E-state index contributed by atoms with van der Waals surface area (Å²) in [5.41, 5.74) is 1.39. The molecule has 0 fully saturated rings. The fraction of sp³-hybridized carbons (Fsp3) is 0.312. The van der Waals surface area contributed by atoms with E-state index in [1.54, 1.807) is 19.2 Å². The summed E-state index contributed by atoms with van der Waals surface area (Å²) in [4.78, 5) is 24.5. The van der Waals surface area contributed by atoms with Gasteiger partial charge in [-0.15, -0.1) is 0 Å². The molecule has 1 aromatic carbocycles. The molecule has 0 unspecified atom stereocenters. The highest BCUT2D eigenvalue weighted by atomic mass is 79.9. The number of phenolic OH excluding ortho intramolecular Hbond substituents is 1. The molecule has 6 heteroatoms. The van der Waals surface area contributed by atoms with E-state index in [1.165, 1.54) is 16.8 Å². The van der Waals surface area contributed by atoms with Gasteiger partial charge < -0.3 is 5.11 Å². The van der Waals surface area contributed by atoms with Crippen molar-refractivity contribution in [1.29, 1.82) is 0 Å². The molecule has 2 rings (SSSR count). The molecule has 0 bridgehead atoms. The number of phenols is 1. The Morgan fingerprint density at radius 2 is 2.00 bits per heavy atom. The highest BCUT2D eigenvalue weighted by Gasteiger charge is 2.20. The van der Waals surface area contributed by atoms with E-state index >= 15 is 0 Å². The van der Waals surface area contributed by atoms with Crippen LogP contribution >= 0.6 is 15.9 Å². The Kier molecular flexibility index (Phi) is 5.13. The van der Waals surface area contributed by atoms with Crippen LogP contribution in [0.15, 0.2) is 28.7 Å². The largest absolute Gasteiger partial charge is 0.507 e. The zero-order chi connectivity index (χ0) is 16.3. The lowest BCUT2D eigenvalue weighted by Crippen LogP contribution is -2.12. The topological polar surface area (TPSA) is 72.2 Å². The predicted molar refractivity (Wildman–Crippen MR) is 86.3 cm³/mol.